The van der Waals surface area contributed by atoms with Gasteiger partial charge in [0.1, 0.15) is 5.82 Å². The number of urea groups is 1. The van der Waals surface area contributed by atoms with E-state index >= 15 is 0 Å². The Kier molecular flexibility index (Phi) is 7.70. The molecule has 1 atom stereocenters. The molecular formula is C21H29F2N9O3. The maximum atomic E-state index is 12.5. The molecule has 4 heterocycles. The number of halogens is 2. The minimum Gasteiger partial charge on any atom is -0.396 e. The molecule has 35 heavy (non-hydrogen) atoms. The van der Waals surface area contributed by atoms with Crippen LogP contribution in [0, 0.1) is 0 Å². The highest BCUT2D eigenvalue weighted by atomic mass is 19.3. The minimum atomic E-state index is -2.63. The lowest BCUT2D eigenvalue weighted by Gasteiger charge is -2.32. The normalized spacial score (nSPS) is 20.3. The number of carbonyl (C=O) groups is 1. The number of rotatable bonds is 8. The van der Waals surface area contributed by atoms with E-state index in [0.717, 1.165) is 0 Å². The number of nitrogens with two attached hydrogens (primary N) is 1. The van der Waals surface area contributed by atoms with Crippen LogP contribution < -0.4 is 21.3 Å². The van der Waals surface area contributed by atoms with Gasteiger partial charge < -0.3 is 36.0 Å². The number of amides is 2. The summed E-state index contributed by atoms with van der Waals surface area (Å²) in [7, 11) is 0. The van der Waals surface area contributed by atoms with E-state index in [0.29, 0.717) is 68.7 Å². The number of nitrogen functional groups attached to an aromatic ring is 1. The first-order chi connectivity index (χ1) is 16.9. The number of carbonyl (C=O) groups excluding carboxylic acids is 1. The second-order valence-electron chi connectivity index (χ2n) is 8.50. The van der Waals surface area contributed by atoms with Gasteiger partial charge in [-0.05, 0) is 12.8 Å². The summed E-state index contributed by atoms with van der Waals surface area (Å²) in [5.74, 6) is 1.14. The molecule has 2 aromatic heterocycles. The molecular weight excluding hydrogens is 464 g/mol. The monoisotopic (exact) mass is 493 g/mol. The zero-order valence-electron chi connectivity index (χ0n) is 19.2. The van der Waals surface area contributed by atoms with Gasteiger partial charge in [0, 0.05) is 56.8 Å². The van der Waals surface area contributed by atoms with Gasteiger partial charge in [-0.1, -0.05) is 0 Å². The Bertz CT molecular complexity index is 1010. The summed E-state index contributed by atoms with van der Waals surface area (Å²) in [6.45, 7) is 2.10. The number of nitrogens with zero attached hydrogens (tertiary/aromatic N) is 6. The number of aromatic nitrogens is 4. The number of hydrogen-bond donors (Lipinski definition) is 4. The highest BCUT2D eigenvalue weighted by Crippen LogP contribution is 2.31. The standard InChI is InChI=1S/C21H29F2N9O3/c22-16(23)12-27-20(34)32-3-1-21(13-32,2-6-33)30-17-9-15(14-10-25-18(24)26-11-14)28-19(29-17)31-4-7-35-8-5-31/h9-11,16,33H,1-8,12-13H2,(H,27,34)(H2,24,25,26)(H,28,29,30)/t21-/m1/s1. The topological polar surface area (TPSA) is 155 Å². The lowest BCUT2D eigenvalue weighted by molar-refractivity contribution is 0.122. The molecule has 0 spiro atoms. The SMILES string of the molecule is Nc1ncc(-c2cc(N[C@@]3(CCO)CCN(C(=O)NCC(F)F)C3)nc(N3CCOCC3)n2)cn1. The van der Waals surface area contributed by atoms with Crippen molar-refractivity contribution in [3.05, 3.63) is 18.5 Å². The number of aliphatic hydroxyl groups excluding tert-OH is 1. The van der Waals surface area contributed by atoms with E-state index in [1.807, 2.05) is 4.90 Å². The third kappa shape index (κ3) is 6.19. The second kappa shape index (κ2) is 10.9. The van der Waals surface area contributed by atoms with E-state index in [9.17, 15) is 18.7 Å². The Labute approximate surface area is 200 Å². The molecule has 2 aliphatic heterocycles. The number of aliphatic hydroxyl groups is 1. The summed E-state index contributed by atoms with van der Waals surface area (Å²) in [4.78, 5) is 33.3. The third-order valence-corrected chi connectivity index (χ3v) is 6.01. The fourth-order valence-corrected chi connectivity index (χ4v) is 4.20. The highest BCUT2D eigenvalue weighted by molar-refractivity contribution is 5.75. The summed E-state index contributed by atoms with van der Waals surface area (Å²) in [6, 6.07) is 1.18. The first-order valence-corrected chi connectivity index (χ1v) is 11.4. The van der Waals surface area contributed by atoms with Gasteiger partial charge in [0.25, 0.3) is 6.43 Å². The maximum absolute atomic E-state index is 12.5. The fourth-order valence-electron chi connectivity index (χ4n) is 4.20. The number of likely N-dealkylation sites (tertiary alicyclic amines) is 1. The van der Waals surface area contributed by atoms with Gasteiger partial charge in [0.15, 0.2) is 0 Å². The summed E-state index contributed by atoms with van der Waals surface area (Å²) in [6.07, 6.45) is 1.37. The molecule has 0 radical (unpaired) electrons. The third-order valence-electron chi connectivity index (χ3n) is 6.01. The number of nitrogens with one attached hydrogen (secondary N) is 2. The fraction of sp³-hybridized carbons (Fsp3) is 0.571. The van der Waals surface area contributed by atoms with E-state index in [-0.39, 0.29) is 19.1 Å². The van der Waals surface area contributed by atoms with Crippen LogP contribution >= 0.6 is 0 Å². The van der Waals surface area contributed by atoms with Crippen molar-refractivity contribution in [2.24, 2.45) is 0 Å². The predicted molar refractivity (Wildman–Crippen MR) is 124 cm³/mol. The van der Waals surface area contributed by atoms with Crippen LogP contribution in [0.5, 0.6) is 0 Å². The largest absolute Gasteiger partial charge is 0.396 e. The van der Waals surface area contributed by atoms with E-state index in [1.54, 1.807) is 18.5 Å². The summed E-state index contributed by atoms with van der Waals surface area (Å²) in [5.41, 5.74) is 6.16. The molecule has 190 valence electrons. The van der Waals surface area contributed by atoms with Crippen LogP contribution in [0.1, 0.15) is 12.8 Å². The van der Waals surface area contributed by atoms with Crippen molar-refractivity contribution < 1.29 is 23.4 Å². The van der Waals surface area contributed by atoms with E-state index in [4.69, 9.17) is 15.5 Å². The quantitative estimate of drug-likeness (QED) is 0.410. The number of morpholine rings is 1. The molecule has 0 aromatic carbocycles. The summed E-state index contributed by atoms with van der Waals surface area (Å²) in [5, 5.41) is 15.4. The number of hydrogen-bond acceptors (Lipinski definition) is 10. The summed E-state index contributed by atoms with van der Waals surface area (Å²) < 4.78 is 30.5. The zero-order valence-corrected chi connectivity index (χ0v) is 19.2. The van der Waals surface area contributed by atoms with Crippen molar-refractivity contribution in [1.29, 1.82) is 0 Å². The van der Waals surface area contributed by atoms with E-state index in [1.165, 1.54) is 4.90 Å². The molecule has 2 saturated heterocycles. The van der Waals surface area contributed by atoms with Gasteiger partial charge in [-0.15, -0.1) is 0 Å². The van der Waals surface area contributed by atoms with Crippen LogP contribution in [0.4, 0.5) is 31.3 Å². The van der Waals surface area contributed by atoms with Crippen LogP contribution in [0.15, 0.2) is 18.5 Å². The van der Waals surface area contributed by atoms with Gasteiger partial charge >= 0.3 is 6.03 Å². The molecule has 4 rings (SSSR count). The molecule has 2 amide bonds. The molecule has 14 heteroatoms. The molecule has 0 aliphatic carbocycles. The molecule has 0 bridgehead atoms. The Balaban J connectivity index is 1.60. The Morgan fingerprint density at radius 1 is 1.23 bits per heavy atom. The Morgan fingerprint density at radius 2 is 1.97 bits per heavy atom. The lowest BCUT2D eigenvalue weighted by Crippen LogP contribution is -2.46. The molecule has 0 unspecified atom stereocenters. The van der Waals surface area contributed by atoms with Crippen LogP contribution in [-0.2, 0) is 4.74 Å². The smallest absolute Gasteiger partial charge is 0.317 e. The number of anilines is 3. The van der Waals surface area contributed by atoms with E-state index < -0.39 is 24.5 Å². The lowest BCUT2D eigenvalue weighted by atomic mass is 9.94. The zero-order chi connectivity index (χ0) is 24.8. The van der Waals surface area contributed by atoms with Gasteiger partial charge in [0.2, 0.25) is 11.9 Å². The molecule has 5 N–H and O–H groups in total. The number of alkyl halides is 2. The van der Waals surface area contributed by atoms with Crippen molar-refractivity contribution in [2.45, 2.75) is 24.8 Å². The Hall–Kier alpha value is -3.39. The molecule has 2 fully saturated rings. The van der Waals surface area contributed by atoms with Crippen LogP contribution in [0.2, 0.25) is 0 Å². The van der Waals surface area contributed by atoms with Gasteiger partial charge in [-0.2, -0.15) is 4.98 Å². The highest BCUT2D eigenvalue weighted by Gasteiger charge is 2.40. The molecule has 2 aliphatic rings. The van der Waals surface area contributed by atoms with Crippen LogP contribution in [0.25, 0.3) is 11.3 Å². The predicted octanol–water partition coefficient (Wildman–Crippen LogP) is 0.566. The van der Waals surface area contributed by atoms with Crippen LogP contribution in [-0.4, -0.2) is 100 Å². The minimum absolute atomic E-state index is 0.125. The average Bonchev–Trinajstić information content (AvgIpc) is 3.27. The molecule has 12 nitrogen and oxygen atoms in total. The van der Waals surface area contributed by atoms with E-state index in [2.05, 4.69) is 25.6 Å². The first-order valence-electron chi connectivity index (χ1n) is 11.4. The first kappa shape index (κ1) is 24.7. The summed E-state index contributed by atoms with van der Waals surface area (Å²) >= 11 is 0. The molecule has 2 aromatic rings. The average molecular weight is 494 g/mol. The molecule has 0 saturated carbocycles. The number of ether oxygens (including phenoxy) is 1. The van der Waals surface area contributed by atoms with Crippen molar-refractivity contribution >= 4 is 23.7 Å². The van der Waals surface area contributed by atoms with Crippen molar-refractivity contribution in [3.63, 3.8) is 0 Å². The van der Waals surface area contributed by atoms with Gasteiger partial charge in [-0.25, -0.2) is 28.5 Å². The van der Waals surface area contributed by atoms with Gasteiger partial charge in [0.05, 0.1) is 31.0 Å². The van der Waals surface area contributed by atoms with Crippen molar-refractivity contribution in [1.82, 2.24) is 30.2 Å². The maximum Gasteiger partial charge on any atom is 0.317 e. The Morgan fingerprint density at radius 3 is 2.66 bits per heavy atom. The van der Waals surface area contributed by atoms with Gasteiger partial charge in [-0.3, -0.25) is 0 Å². The second-order valence-corrected chi connectivity index (χ2v) is 8.50. The van der Waals surface area contributed by atoms with Crippen molar-refractivity contribution in [2.75, 3.05) is 68.5 Å². The van der Waals surface area contributed by atoms with Crippen molar-refractivity contribution in [3.8, 4) is 11.3 Å². The van der Waals surface area contributed by atoms with Crippen LogP contribution in [0.3, 0.4) is 0 Å².